The van der Waals surface area contributed by atoms with Crippen LogP contribution in [0.1, 0.15) is 11.1 Å². The topological polar surface area (TPSA) is 76.0 Å². The number of carbonyl (C=O) groups excluding carboxylic acids is 2. The molecule has 0 spiro atoms. The summed E-state index contributed by atoms with van der Waals surface area (Å²) in [5.41, 5.74) is 3.68. The Bertz CT molecular complexity index is 1060. The highest BCUT2D eigenvalue weighted by atomic mass is 16.2. The van der Waals surface area contributed by atoms with Crippen LogP contribution >= 0.6 is 0 Å². The minimum absolute atomic E-state index is 0.131. The van der Waals surface area contributed by atoms with Gasteiger partial charge in [0, 0.05) is 23.4 Å². The molecule has 2 amide bonds. The van der Waals surface area contributed by atoms with Crippen LogP contribution in [-0.2, 0) is 16.1 Å². The number of benzene rings is 2. The van der Waals surface area contributed by atoms with Gasteiger partial charge in [0.1, 0.15) is 0 Å². The maximum Gasteiger partial charge on any atom is 0.244 e. The third-order valence-electron chi connectivity index (χ3n) is 4.25. The van der Waals surface area contributed by atoms with Gasteiger partial charge < -0.3 is 10.6 Å². The second-order valence-corrected chi connectivity index (χ2v) is 6.51. The van der Waals surface area contributed by atoms with Gasteiger partial charge in [-0.05, 0) is 11.6 Å². The molecular formula is C24H22N4O2. The van der Waals surface area contributed by atoms with Gasteiger partial charge in [-0.2, -0.15) is 5.10 Å². The molecule has 2 N–H and O–H groups in total. The van der Waals surface area contributed by atoms with E-state index in [0.29, 0.717) is 6.54 Å². The third kappa shape index (κ3) is 5.94. The maximum atomic E-state index is 12.1. The summed E-state index contributed by atoms with van der Waals surface area (Å²) >= 11 is 0. The van der Waals surface area contributed by atoms with E-state index in [2.05, 4.69) is 16.6 Å². The summed E-state index contributed by atoms with van der Waals surface area (Å²) in [4.78, 5) is 23.6. The first-order chi connectivity index (χ1) is 14.7. The lowest BCUT2D eigenvalue weighted by atomic mass is 10.1. The Morgan fingerprint density at radius 2 is 1.73 bits per heavy atom. The van der Waals surface area contributed by atoms with Gasteiger partial charge in [0.15, 0.2) is 0 Å². The van der Waals surface area contributed by atoms with Crippen molar-refractivity contribution < 1.29 is 9.59 Å². The number of nitrogens with zero attached hydrogens (tertiary/aromatic N) is 2. The van der Waals surface area contributed by atoms with Gasteiger partial charge in [-0.25, -0.2) is 0 Å². The molecule has 6 nitrogen and oxygen atoms in total. The van der Waals surface area contributed by atoms with Gasteiger partial charge in [-0.15, -0.1) is 6.42 Å². The first-order valence-corrected chi connectivity index (χ1v) is 9.48. The molecule has 0 aliphatic heterocycles. The predicted molar refractivity (Wildman–Crippen MR) is 117 cm³/mol. The van der Waals surface area contributed by atoms with Crippen LogP contribution in [0.15, 0.2) is 72.9 Å². The minimum atomic E-state index is -0.374. The molecule has 0 atom stereocenters. The van der Waals surface area contributed by atoms with Crippen molar-refractivity contribution in [1.82, 2.24) is 20.4 Å². The monoisotopic (exact) mass is 398 g/mol. The smallest absolute Gasteiger partial charge is 0.244 e. The van der Waals surface area contributed by atoms with Gasteiger partial charge in [-0.3, -0.25) is 14.3 Å². The fourth-order valence-corrected chi connectivity index (χ4v) is 2.83. The summed E-state index contributed by atoms with van der Waals surface area (Å²) in [6.07, 6.45) is 10.1. The van der Waals surface area contributed by atoms with Crippen LogP contribution in [0.4, 0.5) is 0 Å². The second kappa shape index (κ2) is 10.4. The number of terminal acetylenes is 1. The molecule has 1 aromatic heterocycles. The Morgan fingerprint density at radius 1 is 1.03 bits per heavy atom. The molecule has 3 aromatic rings. The maximum absolute atomic E-state index is 12.1. The van der Waals surface area contributed by atoms with Crippen LogP contribution in [0.3, 0.4) is 0 Å². The van der Waals surface area contributed by atoms with Gasteiger partial charge in [0.2, 0.25) is 11.8 Å². The fraction of sp³-hybridized carbons (Fsp3) is 0.125. The molecule has 0 aliphatic carbocycles. The first-order valence-electron chi connectivity index (χ1n) is 9.48. The summed E-state index contributed by atoms with van der Waals surface area (Å²) in [5.74, 6) is 1.59. The first kappa shape index (κ1) is 20.6. The van der Waals surface area contributed by atoms with Crippen LogP contribution in [0, 0.1) is 12.3 Å². The van der Waals surface area contributed by atoms with Crippen molar-refractivity contribution in [3.63, 3.8) is 0 Å². The van der Waals surface area contributed by atoms with Crippen LogP contribution in [0.5, 0.6) is 0 Å². The molecule has 2 aromatic carbocycles. The SMILES string of the molecule is C#CCNC(=O)CNC(=O)/C=C/c1cn(Cc2ccccc2)nc1-c1ccccc1. The summed E-state index contributed by atoms with van der Waals surface area (Å²) in [5, 5.41) is 9.74. The number of hydrogen-bond acceptors (Lipinski definition) is 3. The molecule has 1 heterocycles. The van der Waals surface area contributed by atoms with Crippen molar-refractivity contribution in [2.75, 3.05) is 13.1 Å². The Hall–Kier alpha value is -4.11. The van der Waals surface area contributed by atoms with E-state index in [-0.39, 0.29) is 24.9 Å². The molecule has 0 bridgehead atoms. The Balaban J connectivity index is 1.75. The molecule has 6 heteroatoms. The average molecular weight is 398 g/mol. The van der Waals surface area contributed by atoms with E-state index in [0.717, 1.165) is 22.4 Å². The van der Waals surface area contributed by atoms with Crippen molar-refractivity contribution in [3.8, 4) is 23.6 Å². The second-order valence-electron chi connectivity index (χ2n) is 6.51. The molecule has 30 heavy (non-hydrogen) atoms. The van der Waals surface area contributed by atoms with E-state index in [1.54, 1.807) is 6.08 Å². The lowest BCUT2D eigenvalue weighted by Gasteiger charge is -2.02. The Morgan fingerprint density at radius 3 is 2.43 bits per heavy atom. The number of amides is 2. The number of carbonyl (C=O) groups is 2. The highest BCUT2D eigenvalue weighted by Crippen LogP contribution is 2.23. The Labute approximate surface area is 175 Å². The van der Waals surface area contributed by atoms with Gasteiger partial charge in [0.05, 0.1) is 25.3 Å². The lowest BCUT2D eigenvalue weighted by Crippen LogP contribution is -2.36. The molecule has 0 fully saturated rings. The van der Waals surface area contributed by atoms with Crippen LogP contribution < -0.4 is 10.6 Å². The molecule has 0 aliphatic rings. The standard InChI is InChI=1S/C24H22N4O2/c1-2-15-25-23(30)16-26-22(29)14-13-21-18-28(17-19-9-5-3-6-10-19)27-24(21)20-11-7-4-8-12-20/h1,3-14,18H,15-17H2,(H,25,30)(H,26,29)/b14-13+. The van der Waals surface area contributed by atoms with Crippen molar-refractivity contribution in [2.45, 2.75) is 6.54 Å². The molecule has 0 unspecified atom stereocenters. The van der Waals surface area contributed by atoms with Gasteiger partial charge in [0.25, 0.3) is 0 Å². The third-order valence-corrected chi connectivity index (χ3v) is 4.25. The summed E-state index contributed by atoms with van der Waals surface area (Å²) in [6.45, 7) is 0.616. The molecule has 0 radical (unpaired) electrons. The zero-order chi connectivity index (χ0) is 21.2. The van der Waals surface area contributed by atoms with E-state index < -0.39 is 0 Å². The highest BCUT2D eigenvalue weighted by molar-refractivity contribution is 5.95. The molecule has 0 saturated heterocycles. The highest BCUT2D eigenvalue weighted by Gasteiger charge is 2.10. The number of aromatic nitrogens is 2. The zero-order valence-electron chi connectivity index (χ0n) is 16.4. The van der Waals surface area contributed by atoms with Crippen LogP contribution in [0.2, 0.25) is 0 Å². The number of hydrogen-bond donors (Lipinski definition) is 2. The lowest BCUT2D eigenvalue weighted by molar-refractivity contribution is -0.123. The normalized spacial score (nSPS) is 10.5. The quantitative estimate of drug-likeness (QED) is 0.452. The van der Waals surface area contributed by atoms with Gasteiger partial charge >= 0.3 is 0 Å². The number of rotatable bonds is 8. The predicted octanol–water partition coefficient (Wildman–Crippen LogP) is 2.48. The number of nitrogens with one attached hydrogen (secondary N) is 2. The minimum Gasteiger partial charge on any atom is -0.344 e. The van der Waals surface area contributed by atoms with Crippen molar-refractivity contribution in [2.24, 2.45) is 0 Å². The van der Waals surface area contributed by atoms with E-state index in [1.807, 2.05) is 71.5 Å². The molecular weight excluding hydrogens is 376 g/mol. The summed E-state index contributed by atoms with van der Waals surface area (Å²) in [7, 11) is 0. The molecule has 150 valence electrons. The fourth-order valence-electron chi connectivity index (χ4n) is 2.83. The summed E-state index contributed by atoms with van der Waals surface area (Å²) in [6, 6.07) is 19.8. The largest absolute Gasteiger partial charge is 0.344 e. The zero-order valence-corrected chi connectivity index (χ0v) is 16.4. The average Bonchev–Trinajstić information content (AvgIpc) is 3.18. The molecule has 3 rings (SSSR count). The van der Waals surface area contributed by atoms with Crippen LogP contribution in [0.25, 0.3) is 17.3 Å². The summed E-state index contributed by atoms with van der Waals surface area (Å²) < 4.78 is 1.85. The molecule has 0 saturated carbocycles. The van der Waals surface area contributed by atoms with E-state index in [1.165, 1.54) is 6.08 Å². The van der Waals surface area contributed by atoms with Crippen molar-refractivity contribution in [1.29, 1.82) is 0 Å². The van der Waals surface area contributed by atoms with E-state index in [9.17, 15) is 9.59 Å². The van der Waals surface area contributed by atoms with Crippen molar-refractivity contribution >= 4 is 17.9 Å². The van der Waals surface area contributed by atoms with E-state index >= 15 is 0 Å². The van der Waals surface area contributed by atoms with E-state index in [4.69, 9.17) is 11.5 Å². The van der Waals surface area contributed by atoms with Gasteiger partial charge in [-0.1, -0.05) is 66.6 Å². The van der Waals surface area contributed by atoms with Crippen molar-refractivity contribution in [3.05, 3.63) is 84.1 Å². The van der Waals surface area contributed by atoms with Crippen LogP contribution in [-0.4, -0.2) is 34.7 Å². The Kier molecular flexibility index (Phi) is 7.17.